The lowest BCUT2D eigenvalue weighted by molar-refractivity contribution is -0.00177. The molecular formula is C17H22N4O2. The summed E-state index contributed by atoms with van der Waals surface area (Å²) in [4.78, 5) is 12.2. The molecular weight excluding hydrogens is 292 g/mol. The van der Waals surface area contributed by atoms with Crippen molar-refractivity contribution in [1.29, 1.82) is 0 Å². The first-order valence-corrected chi connectivity index (χ1v) is 8.07. The molecule has 0 saturated heterocycles. The number of fused-ring (bicyclic) bond motifs is 1. The summed E-state index contributed by atoms with van der Waals surface area (Å²) in [6, 6.07) is 8.28. The van der Waals surface area contributed by atoms with E-state index >= 15 is 0 Å². The summed E-state index contributed by atoms with van der Waals surface area (Å²) >= 11 is 0. The average molecular weight is 314 g/mol. The highest BCUT2D eigenvalue weighted by Crippen LogP contribution is 2.27. The zero-order chi connectivity index (χ0) is 16.2. The maximum Gasteiger partial charge on any atom is 0.273 e. The van der Waals surface area contributed by atoms with Crippen molar-refractivity contribution < 1.29 is 9.53 Å². The van der Waals surface area contributed by atoms with E-state index in [-0.39, 0.29) is 12.0 Å². The number of amides is 1. The summed E-state index contributed by atoms with van der Waals surface area (Å²) in [7, 11) is 0. The Kier molecular flexibility index (Phi) is 4.71. The predicted molar refractivity (Wildman–Crippen MR) is 86.0 cm³/mol. The van der Waals surface area contributed by atoms with Gasteiger partial charge in [-0.05, 0) is 18.9 Å². The van der Waals surface area contributed by atoms with E-state index in [1.807, 2.05) is 0 Å². The zero-order valence-electron chi connectivity index (χ0n) is 13.6. The van der Waals surface area contributed by atoms with Crippen LogP contribution < -0.4 is 5.32 Å². The minimum absolute atomic E-state index is 0.0548. The Hall–Kier alpha value is -2.21. The number of hydrogen-bond donors (Lipinski definition) is 1. The van der Waals surface area contributed by atoms with Crippen molar-refractivity contribution in [3.05, 3.63) is 46.8 Å². The standard InChI is InChI=1S/C17H22N4O2/c1-3-4-9-18-17(22)16-14-11-23-15(10-21(14)20-19-16)13-7-5-12(2)6-8-13/h5-8,15H,3-4,9-11H2,1-2H3,(H,18,22)/t15-/m0/s1. The first kappa shape index (κ1) is 15.7. The van der Waals surface area contributed by atoms with Gasteiger partial charge in [-0.1, -0.05) is 48.4 Å². The lowest BCUT2D eigenvalue weighted by Crippen LogP contribution is -2.28. The summed E-state index contributed by atoms with van der Waals surface area (Å²) < 4.78 is 7.70. The van der Waals surface area contributed by atoms with Gasteiger partial charge in [0.1, 0.15) is 6.10 Å². The van der Waals surface area contributed by atoms with Crippen LogP contribution in [0, 0.1) is 6.92 Å². The minimum Gasteiger partial charge on any atom is -0.365 e. The molecule has 0 fully saturated rings. The van der Waals surface area contributed by atoms with Crippen LogP contribution in [0.2, 0.25) is 0 Å². The molecule has 1 aromatic carbocycles. The van der Waals surface area contributed by atoms with Crippen LogP contribution in [0.5, 0.6) is 0 Å². The normalized spacial score (nSPS) is 16.9. The Morgan fingerprint density at radius 1 is 1.39 bits per heavy atom. The van der Waals surface area contributed by atoms with Crippen LogP contribution in [0.25, 0.3) is 0 Å². The van der Waals surface area contributed by atoms with E-state index in [9.17, 15) is 4.79 Å². The van der Waals surface area contributed by atoms with Crippen LogP contribution in [0.1, 0.15) is 53.2 Å². The maximum absolute atomic E-state index is 12.2. The first-order chi connectivity index (χ1) is 11.2. The van der Waals surface area contributed by atoms with Crippen molar-refractivity contribution in [3.8, 4) is 0 Å². The maximum atomic E-state index is 12.2. The predicted octanol–water partition coefficient (Wildman–Crippen LogP) is 2.39. The van der Waals surface area contributed by atoms with Crippen LogP contribution in [0.3, 0.4) is 0 Å². The van der Waals surface area contributed by atoms with E-state index in [0.717, 1.165) is 24.1 Å². The summed E-state index contributed by atoms with van der Waals surface area (Å²) in [6.45, 7) is 5.74. The van der Waals surface area contributed by atoms with Gasteiger partial charge in [0, 0.05) is 6.54 Å². The third-order valence-corrected chi connectivity index (χ3v) is 4.08. The largest absolute Gasteiger partial charge is 0.365 e. The average Bonchev–Trinajstić information content (AvgIpc) is 2.99. The third kappa shape index (κ3) is 3.42. The highest BCUT2D eigenvalue weighted by molar-refractivity contribution is 5.93. The number of aryl methyl sites for hydroxylation is 1. The molecule has 0 radical (unpaired) electrons. The van der Waals surface area contributed by atoms with Crippen LogP contribution >= 0.6 is 0 Å². The molecule has 0 unspecified atom stereocenters. The number of ether oxygens (including phenoxy) is 1. The monoisotopic (exact) mass is 314 g/mol. The van der Waals surface area contributed by atoms with Gasteiger partial charge in [-0.15, -0.1) is 5.10 Å². The molecule has 6 nitrogen and oxygen atoms in total. The van der Waals surface area contributed by atoms with E-state index in [4.69, 9.17) is 4.74 Å². The van der Waals surface area contributed by atoms with Crippen LogP contribution in [-0.2, 0) is 17.9 Å². The number of carbonyl (C=O) groups excluding carboxylic acids is 1. The second-order valence-corrected chi connectivity index (χ2v) is 5.89. The molecule has 0 spiro atoms. The van der Waals surface area contributed by atoms with Gasteiger partial charge in [-0.3, -0.25) is 4.79 Å². The number of rotatable bonds is 5. The molecule has 1 aromatic heterocycles. The highest BCUT2D eigenvalue weighted by Gasteiger charge is 2.27. The Balaban J connectivity index is 1.71. The van der Waals surface area contributed by atoms with Gasteiger partial charge in [-0.2, -0.15) is 0 Å². The number of hydrogen-bond acceptors (Lipinski definition) is 4. The van der Waals surface area contributed by atoms with Crippen molar-refractivity contribution in [2.24, 2.45) is 0 Å². The first-order valence-electron chi connectivity index (χ1n) is 8.07. The fourth-order valence-corrected chi connectivity index (χ4v) is 2.63. The topological polar surface area (TPSA) is 69.0 Å². The van der Waals surface area contributed by atoms with Crippen molar-refractivity contribution in [2.45, 2.75) is 45.9 Å². The molecule has 0 bridgehead atoms. The smallest absolute Gasteiger partial charge is 0.273 e. The lowest BCUT2D eigenvalue weighted by Gasteiger charge is -2.24. The van der Waals surface area contributed by atoms with Crippen molar-refractivity contribution in [3.63, 3.8) is 0 Å². The van der Waals surface area contributed by atoms with Crippen LogP contribution in [0.4, 0.5) is 0 Å². The van der Waals surface area contributed by atoms with Gasteiger partial charge < -0.3 is 10.1 Å². The van der Waals surface area contributed by atoms with E-state index < -0.39 is 0 Å². The molecule has 1 aliphatic heterocycles. The van der Waals surface area contributed by atoms with Gasteiger partial charge in [0.2, 0.25) is 0 Å². The van der Waals surface area contributed by atoms with Crippen molar-refractivity contribution in [2.75, 3.05) is 6.54 Å². The van der Waals surface area contributed by atoms with Crippen LogP contribution in [-0.4, -0.2) is 27.4 Å². The SMILES string of the molecule is CCCCNC(=O)c1nnn2c1CO[C@H](c1ccc(C)cc1)C2. The Morgan fingerprint density at radius 2 is 2.17 bits per heavy atom. The Morgan fingerprint density at radius 3 is 2.91 bits per heavy atom. The Bertz CT molecular complexity index is 678. The molecule has 0 aliphatic carbocycles. The molecule has 23 heavy (non-hydrogen) atoms. The third-order valence-electron chi connectivity index (χ3n) is 4.08. The van der Waals surface area contributed by atoms with E-state index in [1.54, 1.807) is 4.68 Å². The molecule has 1 aliphatic rings. The molecule has 6 heteroatoms. The molecule has 2 aromatic rings. The van der Waals surface area contributed by atoms with Crippen molar-refractivity contribution in [1.82, 2.24) is 20.3 Å². The van der Waals surface area contributed by atoms with Gasteiger partial charge in [0.25, 0.3) is 5.91 Å². The van der Waals surface area contributed by atoms with Crippen LogP contribution in [0.15, 0.2) is 24.3 Å². The molecule has 1 amide bonds. The quantitative estimate of drug-likeness (QED) is 0.860. The van der Waals surface area contributed by atoms with Gasteiger partial charge in [0.15, 0.2) is 5.69 Å². The Labute approximate surface area is 135 Å². The number of unbranched alkanes of at least 4 members (excludes halogenated alkanes) is 1. The number of carbonyl (C=O) groups is 1. The van der Waals surface area contributed by atoms with Crippen molar-refractivity contribution >= 4 is 5.91 Å². The summed E-state index contributed by atoms with van der Waals surface area (Å²) in [6.07, 6.45) is 1.95. The van der Waals surface area contributed by atoms with E-state index in [2.05, 4.69) is 53.7 Å². The van der Waals surface area contributed by atoms with Gasteiger partial charge in [-0.25, -0.2) is 4.68 Å². The molecule has 0 saturated carbocycles. The van der Waals surface area contributed by atoms with E-state index in [1.165, 1.54) is 5.56 Å². The zero-order valence-corrected chi connectivity index (χ0v) is 13.6. The molecule has 122 valence electrons. The number of nitrogens with one attached hydrogen (secondary N) is 1. The second-order valence-electron chi connectivity index (χ2n) is 5.89. The molecule has 1 atom stereocenters. The summed E-state index contributed by atoms with van der Waals surface area (Å²) in [5.41, 5.74) is 3.47. The second kappa shape index (κ2) is 6.91. The van der Waals surface area contributed by atoms with Gasteiger partial charge in [0.05, 0.1) is 18.8 Å². The minimum atomic E-state index is -0.169. The fraction of sp³-hybridized carbons (Fsp3) is 0.471. The lowest BCUT2D eigenvalue weighted by atomic mass is 10.1. The summed E-state index contributed by atoms with van der Waals surface area (Å²) in [5, 5.41) is 11.0. The summed E-state index contributed by atoms with van der Waals surface area (Å²) in [5.74, 6) is -0.169. The highest BCUT2D eigenvalue weighted by atomic mass is 16.5. The molecule has 1 N–H and O–H groups in total. The fourth-order valence-electron chi connectivity index (χ4n) is 2.63. The number of benzene rings is 1. The van der Waals surface area contributed by atoms with Gasteiger partial charge >= 0.3 is 0 Å². The number of nitrogens with zero attached hydrogens (tertiary/aromatic N) is 3. The molecule has 2 heterocycles. The van der Waals surface area contributed by atoms with E-state index in [0.29, 0.717) is 25.4 Å². The molecule has 3 rings (SSSR count). The number of aromatic nitrogens is 3.